The minimum Gasteiger partial charge on any atom is -0.346 e. The van der Waals surface area contributed by atoms with E-state index < -0.39 is 0 Å². The van der Waals surface area contributed by atoms with Crippen LogP contribution in [0.1, 0.15) is 24.7 Å². The summed E-state index contributed by atoms with van der Waals surface area (Å²) in [5, 5.41) is 11.5. The molecule has 2 heterocycles. The average molecular weight is 423 g/mol. The lowest BCUT2D eigenvalue weighted by Gasteiger charge is -2.16. The number of hydrogen-bond donors (Lipinski definition) is 2. The van der Waals surface area contributed by atoms with E-state index in [1.165, 1.54) is 4.68 Å². The van der Waals surface area contributed by atoms with Crippen molar-refractivity contribution in [3.05, 3.63) is 64.7 Å². The van der Waals surface area contributed by atoms with Crippen molar-refractivity contribution in [2.24, 2.45) is 0 Å². The van der Waals surface area contributed by atoms with Gasteiger partial charge in [0.25, 0.3) is 5.56 Å². The maximum atomic E-state index is 12.6. The lowest BCUT2D eigenvalue weighted by Crippen LogP contribution is -2.32. The minimum absolute atomic E-state index is 0.128. The standard InChI is InChI=1S/C21H22N6O2S/c1-30-13-11-18(20-23-16-8-4-5-9-17(16)24-20)22-19(28)10-12-27-21(29)14-6-2-3-7-15(14)25-26-27/h2-9,18H,10-13H2,1H3,(H,22,28)(H,23,24)/t18-/m1/s1. The maximum Gasteiger partial charge on any atom is 0.277 e. The summed E-state index contributed by atoms with van der Waals surface area (Å²) < 4.78 is 1.24. The number of rotatable bonds is 8. The van der Waals surface area contributed by atoms with E-state index in [0.717, 1.165) is 29.0 Å². The summed E-state index contributed by atoms with van der Waals surface area (Å²) in [6, 6.07) is 14.6. The fraction of sp³-hybridized carbons (Fsp3) is 0.286. The average Bonchev–Trinajstić information content (AvgIpc) is 3.20. The molecule has 2 aromatic heterocycles. The molecule has 4 rings (SSSR count). The van der Waals surface area contributed by atoms with E-state index >= 15 is 0 Å². The molecule has 0 aliphatic carbocycles. The van der Waals surface area contributed by atoms with Gasteiger partial charge in [0.05, 0.1) is 29.0 Å². The van der Waals surface area contributed by atoms with Gasteiger partial charge in [0, 0.05) is 6.42 Å². The van der Waals surface area contributed by atoms with Gasteiger partial charge in [-0.15, -0.1) is 5.10 Å². The molecule has 0 saturated heterocycles. The number of benzene rings is 2. The second-order valence-electron chi connectivity index (χ2n) is 6.93. The zero-order valence-corrected chi connectivity index (χ0v) is 17.4. The van der Waals surface area contributed by atoms with E-state index in [4.69, 9.17) is 0 Å². The summed E-state index contributed by atoms with van der Waals surface area (Å²) in [5.41, 5.74) is 2.11. The molecule has 0 fully saturated rings. The van der Waals surface area contributed by atoms with Crippen molar-refractivity contribution in [2.45, 2.75) is 25.4 Å². The van der Waals surface area contributed by atoms with E-state index in [2.05, 4.69) is 25.6 Å². The summed E-state index contributed by atoms with van der Waals surface area (Å²) in [6.07, 6.45) is 2.91. The molecule has 0 bridgehead atoms. The summed E-state index contributed by atoms with van der Waals surface area (Å²) in [6.45, 7) is 0.165. The van der Waals surface area contributed by atoms with Crippen LogP contribution >= 0.6 is 11.8 Å². The Balaban J connectivity index is 1.46. The Morgan fingerprint density at radius 3 is 2.73 bits per heavy atom. The molecule has 2 N–H and O–H groups in total. The van der Waals surface area contributed by atoms with Crippen LogP contribution in [-0.2, 0) is 11.3 Å². The first-order valence-corrected chi connectivity index (χ1v) is 11.1. The zero-order valence-electron chi connectivity index (χ0n) is 16.5. The van der Waals surface area contributed by atoms with E-state index in [0.29, 0.717) is 10.9 Å². The zero-order chi connectivity index (χ0) is 20.9. The van der Waals surface area contributed by atoms with Crippen molar-refractivity contribution >= 4 is 39.6 Å². The summed E-state index contributed by atoms with van der Waals surface area (Å²) in [7, 11) is 0. The number of para-hydroxylation sites is 2. The molecule has 0 aliphatic heterocycles. The fourth-order valence-electron chi connectivity index (χ4n) is 3.29. The van der Waals surface area contributed by atoms with Gasteiger partial charge in [-0.1, -0.05) is 29.5 Å². The molecule has 0 saturated carbocycles. The van der Waals surface area contributed by atoms with Gasteiger partial charge in [0.2, 0.25) is 5.91 Å². The first kappa shape index (κ1) is 20.1. The monoisotopic (exact) mass is 422 g/mol. The third-order valence-corrected chi connectivity index (χ3v) is 5.51. The Morgan fingerprint density at radius 1 is 1.17 bits per heavy atom. The van der Waals surface area contributed by atoms with Gasteiger partial charge in [0.15, 0.2) is 0 Å². The van der Waals surface area contributed by atoms with Crippen molar-refractivity contribution in [1.29, 1.82) is 0 Å². The van der Waals surface area contributed by atoms with E-state index in [-0.39, 0.29) is 30.5 Å². The number of fused-ring (bicyclic) bond motifs is 2. The predicted molar refractivity (Wildman–Crippen MR) is 118 cm³/mol. The Hall–Kier alpha value is -3.20. The number of carbonyl (C=O) groups excluding carboxylic acids is 1. The number of hydrogen-bond acceptors (Lipinski definition) is 6. The van der Waals surface area contributed by atoms with Crippen LogP contribution in [0.15, 0.2) is 53.3 Å². The number of nitrogens with zero attached hydrogens (tertiary/aromatic N) is 4. The molecule has 154 valence electrons. The molecule has 0 radical (unpaired) electrons. The summed E-state index contributed by atoms with van der Waals surface area (Å²) in [4.78, 5) is 33.1. The summed E-state index contributed by atoms with van der Waals surface area (Å²) >= 11 is 1.72. The molecule has 4 aromatic rings. The highest BCUT2D eigenvalue weighted by atomic mass is 32.2. The molecule has 1 amide bonds. The molecular formula is C21H22N6O2S. The predicted octanol–water partition coefficient (Wildman–Crippen LogP) is 2.67. The Labute approximate surface area is 177 Å². The van der Waals surface area contributed by atoms with Crippen molar-refractivity contribution in [3.63, 3.8) is 0 Å². The third kappa shape index (κ3) is 4.35. The molecule has 0 aliphatic rings. The Bertz CT molecular complexity index is 1200. The molecule has 1 atom stereocenters. The van der Waals surface area contributed by atoms with Gasteiger partial charge < -0.3 is 10.3 Å². The van der Waals surface area contributed by atoms with Crippen molar-refractivity contribution in [3.8, 4) is 0 Å². The largest absolute Gasteiger partial charge is 0.346 e. The van der Waals surface area contributed by atoms with Gasteiger partial charge in [-0.2, -0.15) is 11.8 Å². The molecule has 0 unspecified atom stereocenters. The lowest BCUT2D eigenvalue weighted by atomic mass is 10.2. The van der Waals surface area contributed by atoms with E-state index in [1.807, 2.05) is 30.5 Å². The van der Waals surface area contributed by atoms with E-state index in [1.54, 1.807) is 36.0 Å². The highest BCUT2D eigenvalue weighted by Gasteiger charge is 2.18. The van der Waals surface area contributed by atoms with Crippen LogP contribution in [0.2, 0.25) is 0 Å². The third-order valence-electron chi connectivity index (χ3n) is 4.86. The Morgan fingerprint density at radius 2 is 1.93 bits per heavy atom. The van der Waals surface area contributed by atoms with Crippen LogP contribution in [0.5, 0.6) is 0 Å². The van der Waals surface area contributed by atoms with Gasteiger partial charge in [-0.3, -0.25) is 9.59 Å². The SMILES string of the molecule is CSCC[C@@H](NC(=O)CCn1nnc2ccccc2c1=O)c1nc2ccccc2[nH]1. The smallest absolute Gasteiger partial charge is 0.277 e. The highest BCUT2D eigenvalue weighted by Crippen LogP contribution is 2.20. The van der Waals surface area contributed by atoms with E-state index in [9.17, 15) is 9.59 Å². The maximum absolute atomic E-state index is 12.6. The number of imidazole rings is 1. The number of aryl methyl sites for hydroxylation is 1. The molecule has 8 nitrogen and oxygen atoms in total. The van der Waals surface area contributed by atoms with Gasteiger partial charge in [-0.05, 0) is 42.7 Å². The second kappa shape index (κ2) is 9.08. The first-order chi connectivity index (χ1) is 14.7. The quantitative estimate of drug-likeness (QED) is 0.452. The normalized spacial score (nSPS) is 12.3. The second-order valence-corrected chi connectivity index (χ2v) is 7.91. The van der Waals surface area contributed by atoms with Crippen LogP contribution in [0.3, 0.4) is 0 Å². The van der Waals surface area contributed by atoms with Gasteiger partial charge in [-0.25, -0.2) is 9.67 Å². The minimum atomic E-state index is -0.246. The fourth-order valence-corrected chi connectivity index (χ4v) is 3.77. The number of aromatic nitrogens is 5. The van der Waals surface area contributed by atoms with Crippen LogP contribution in [0.25, 0.3) is 21.9 Å². The molecular weight excluding hydrogens is 400 g/mol. The molecule has 0 spiro atoms. The molecule has 9 heteroatoms. The topological polar surface area (TPSA) is 106 Å². The van der Waals surface area contributed by atoms with Crippen LogP contribution in [0, 0.1) is 0 Å². The number of thioether (sulfide) groups is 1. The Kier molecular flexibility index (Phi) is 6.08. The lowest BCUT2D eigenvalue weighted by molar-refractivity contribution is -0.122. The van der Waals surface area contributed by atoms with Crippen molar-refractivity contribution in [2.75, 3.05) is 12.0 Å². The van der Waals surface area contributed by atoms with Crippen molar-refractivity contribution in [1.82, 2.24) is 30.3 Å². The molecule has 30 heavy (non-hydrogen) atoms. The van der Waals surface area contributed by atoms with Crippen molar-refractivity contribution < 1.29 is 4.79 Å². The first-order valence-electron chi connectivity index (χ1n) is 9.71. The van der Waals surface area contributed by atoms with Crippen LogP contribution in [-0.4, -0.2) is 42.9 Å². The number of nitrogens with one attached hydrogen (secondary N) is 2. The number of H-pyrrole nitrogens is 1. The number of amides is 1. The molecule has 2 aromatic carbocycles. The van der Waals surface area contributed by atoms with Gasteiger partial charge in [0.1, 0.15) is 11.3 Å². The van der Waals surface area contributed by atoms with Crippen LogP contribution in [0.4, 0.5) is 0 Å². The van der Waals surface area contributed by atoms with Gasteiger partial charge >= 0.3 is 0 Å². The number of carbonyl (C=O) groups is 1. The summed E-state index contributed by atoms with van der Waals surface area (Å²) in [5.74, 6) is 1.46. The highest BCUT2D eigenvalue weighted by molar-refractivity contribution is 7.98. The number of aromatic amines is 1. The van der Waals surface area contributed by atoms with Crippen LogP contribution < -0.4 is 10.9 Å².